The van der Waals surface area contributed by atoms with Crippen LogP contribution < -0.4 is 5.32 Å². The van der Waals surface area contributed by atoms with E-state index in [9.17, 15) is 9.59 Å². The first-order chi connectivity index (χ1) is 13.4. The average molecular weight is 387 g/mol. The number of rotatable bonds is 6. The Balaban J connectivity index is 1.57. The monoisotopic (exact) mass is 386 g/mol. The fraction of sp³-hybridized carbons (Fsp3) is 0.636. The summed E-state index contributed by atoms with van der Waals surface area (Å²) in [6.45, 7) is 6.78. The number of hydrogen-bond donors (Lipinski definition) is 1. The van der Waals surface area contributed by atoms with Gasteiger partial charge in [0.2, 0.25) is 11.8 Å². The summed E-state index contributed by atoms with van der Waals surface area (Å²) in [5, 5.41) is 3.35. The molecule has 1 aromatic carbocycles. The normalized spacial score (nSPS) is 23.9. The van der Waals surface area contributed by atoms with Gasteiger partial charge in [-0.15, -0.1) is 0 Å². The van der Waals surface area contributed by atoms with E-state index < -0.39 is 0 Å². The summed E-state index contributed by atoms with van der Waals surface area (Å²) in [5.74, 6) is 0.731. The zero-order chi connectivity index (χ0) is 20.1. The summed E-state index contributed by atoms with van der Waals surface area (Å²) in [5.41, 5.74) is 1.31. The van der Waals surface area contributed by atoms with Gasteiger partial charge >= 0.3 is 0 Å². The van der Waals surface area contributed by atoms with Crippen molar-refractivity contribution in [2.24, 2.45) is 11.8 Å². The first kappa shape index (κ1) is 20.8. The van der Waals surface area contributed by atoms with Crippen molar-refractivity contribution in [1.82, 2.24) is 20.0 Å². The molecule has 28 heavy (non-hydrogen) atoms. The summed E-state index contributed by atoms with van der Waals surface area (Å²) in [4.78, 5) is 30.9. The molecule has 2 aliphatic heterocycles. The van der Waals surface area contributed by atoms with Crippen LogP contribution in [0.3, 0.4) is 0 Å². The lowest BCUT2D eigenvalue weighted by molar-refractivity contribution is -0.134. The van der Waals surface area contributed by atoms with Gasteiger partial charge in [-0.1, -0.05) is 30.3 Å². The van der Waals surface area contributed by atoms with Gasteiger partial charge < -0.3 is 15.1 Å². The first-order valence-corrected chi connectivity index (χ1v) is 10.4. The number of nitrogens with one attached hydrogen (secondary N) is 1. The zero-order valence-corrected chi connectivity index (χ0v) is 17.4. The molecule has 0 aromatic heterocycles. The Morgan fingerprint density at radius 2 is 1.79 bits per heavy atom. The van der Waals surface area contributed by atoms with E-state index in [0.717, 1.165) is 39.0 Å². The van der Waals surface area contributed by atoms with Crippen molar-refractivity contribution in [2.45, 2.75) is 32.4 Å². The van der Waals surface area contributed by atoms with E-state index in [2.05, 4.69) is 53.5 Å². The van der Waals surface area contributed by atoms with E-state index in [1.54, 1.807) is 6.92 Å². The van der Waals surface area contributed by atoms with Crippen molar-refractivity contribution in [3.8, 4) is 0 Å². The number of benzene rings is 1. The SMILES string of the molecule is CC(=O)N1CCC(C(=O)N[C@@H]2CN(Cc3ccccc3)C[C@H]2CN(C)C)CC1. The number of nitrogens with zero attached hydrogens (tertiary/aromatic N) is 3. The van der Waals surface area contributed by atoms with Gasteiger partial charge in [0.05, 0.1) is 0 Å². The predicted molar refractivity (Wildman–Crippen MR) is 111 cm³/mol. The van der Waals surface area contributed by atoms with E-state index in [4.69, 9.17) is 0 Å². The highest BCUT2D eigenvalue weighted by Gasteiger charge is 2.36. The van der Waals surface area contributed by atoms with Crippen LogP contribution in [0.2, 0.25) is 0 Å². The van der Waals surface area contributed by atoms with Gasteiger partial charge in [0.25, 0.3) is 0 Å². The Labute approximate surface area is 168 Å². The quantitative estimate of drug-likeness (QED) is 0.804. The molecule has 0 spiro atoms. The molecule has 1 aromatic rings. The molecular weight excluding hydrogens is 352 g/mol. The minimum Gasteiger partial charge on any atom is -0.351 e. The Kier molecular flexibility index (Phi) is 7.08. The minimum atomic E-state index is 0.0266. The molecule has 0 bridgehead atoms. The van der Waals surface area contributed by atoms with E-state index in [-0.39, 0.29) is 23.8 Å². The third-order valence-electron chi connectivity index (χ3n) is 6.00. The second-order valence-electron chi connectivity index (χ2n) is 8.60. The molecule has 2 aliphatic rings. The number of carbonyl (C=O) groups is 2. The van der Waals surface area contributed by atoms with Crippen LogP contribution in [0.4, 0.5) is 0 Å². The largest absolute Gasteiger partial charge is 0.351 e. The smallest absolute Gasteiger partial charge is 0.223 e. The van der Waals surface area contributed by atoms with Crippen LogP contribution in [0.5, 0.6) is 0 Å². The molecular formula is C22H34N4O2. The topological polar surface area (TPSA) is 55.9 Å². The van der Waals surface area contributed by atoms with Crippen molar-refractivity contribution >= 4 is 11.8 Å². The molecule has 3 rings (SSSR count). The van der Waals surface area contributed by atoms with Gasteiger partial charge in [-0.3, -0.25) is 14.5 Å². The van der Waals surface area contributed by atoms with Gasteiger partial charge in [0, 0.05) is 64.1 Å². The first-order valence-electron chi connectivity index (χ1n) is 10.4. The highest BCUT2D eigenvalue weighted by Crippen LogP contribution is 2.23. The number of likely N-dealkylation sites (tertiary alicyclic amines) is 2. The van der Waals surface area contributed by atoms with Crippen LogP contribution in [0.25, 0.3) is 0 Å². The molecule has 1 N–H and O–H groups in total. The van der Waals surface area contributed by atoms with E-state index in [0.29, 0.717) is 19.0 Å². The second kappa shape index (κ2) is 9.52. The Bertz CT molecular complexity index is 656. The van der Waals surface area contributed by atoms with Crippen LogP contribution in [0, 0.1) is 11.8 Å². The standard InChI is InChI=1S/C22H34N4O2/c1-17(27)26-11-9-19(10-12-26)22(28)23-21-16-25(15-20(21)14-24(2)3)13-18-7-5-4-6-8-18/h4-8,19-21H,9-16H2,1-3H3,(H,23,28)/t20-,21-/m1/s1. The molecule has 0 unspecified atom stereocenters. The van der Waals surface area contributed by atoms with Gasteiger partial charge in [-0.2, -0.15) is 0 Å². The predicted octanol–water partition coefficient (Wildman–Crippen LogP) is 1.42. The van der Waals surface area contributed by atoms with Crippen LogP contribution in [0.1, 0.15) is 25.3 Å². The van der Waals surface area contributed by atoms with Crippen LogP contribution in [-0.2, 0) is 16.1 Å². The fourth-order valence-electron chi connectivity index (χ4n) is 4.51. The molecule has 0 aliphatic carbocycles. The maximum absolute atomic E-state index is 12.9. The molecule has 0 radical (unpaired) electrons. The molecule has 154 valence electrons. The van der Waals surface area contributed by atoms with Crippen LogP contribution in [0.15, 0.2) is 30.3 Å². The molecule has 2 heterocycles. The summed E-state index contributed by atoms with van der Waals surface area (Å²) in [7, 11) is 4.19. The molecule has 6 heteroatoms. The maximum atomic E-state index is 12.9. The zero-order valence-electron chi connectivity index (χ0n) is 17.4. The van der Waals surface area contributed by atoms with Crippen molar-refractivity contribution in [3.63, 3.8) is 0 Å². The lowest BCUT2D eigenvalue weighted by Crippen LogP contribution is -2.48. The van der Waals surface area contributed by atoms with Crippen LogP contribution >= 0.6 is 0 Å². The van der Waals surface area contributed by atoms with E-state index >= 15 is 0 Å². The van der Waals surface area contributed by atoms with Gasteiger partial charge in [0.15, 0.2) is 0 Å². The molecule has 0 saturated carbocycles. The van der Waals surface area contributed by atoms with Crippen molar-refractivity contribution < 1.29 is 9.59 Å². The molecule has 6 nitrogen and oxygen atoms in total. The lowest BCUT2D eigenvalue weighted by Gasteiger charge is -2.32. The maximum Gasteiger partial charge on any atom is 0.223 e. The Morgan fingerprint density at radius 1 is 1.11 bits per heavy atom. The Morgan fingerprint density at radius 3 is 2.39 bits per heavy atom. The third kappa shape index (κ3) is 5.55. The molecule has 2 fully saturated rings. The Hall–Kier alpha value is -1.92. The van der Waals surface area contributed by atoms with Crippen LogP contribution in [-0.4, -0.2) is 79.4 Å². The summed E-state index contributed by atoms with van der Waals surface area (Å²) < 4.78 is 0. The second-order valence-corrected chi connectivity index (χ2v) is 8.60. The minimum absolute atomic E-state index is 0.0266. The number of amides is 2. The molecule has 2 amide bonds. The fourth-order valence-corrected chi connectivity index (χ4v) is 4.51. The van der Waals surface area contributed by atoms with Crippen molar-refractivity contribution in [1.29, 1.82) is 0 Å². The summed E-state index contributed by atoms with van der Waals surface area (Å²) in [6.07, 6.45) is 1.54. The number of carbonyl (C=O) groups excluding carboxylic acids is 2. The van der Waals surface area contributed by atoms with E-state index in [1.165, 1.54) is 5.56 Å². The third-order valence-corrected chi connectivity index (χ3v) is 6.00. The highest BCUT2D eigenvalue weighted by atomic mass is 16.2. The number of hydrogen-bond acceptors (Lipinski definition) is 4. The average Bonchev–Trinajstić information content (AvgIpc) is 3.02. The van der Waals surface area contributed by atoms with Crippen molar-refractivity contribution in [2.75, 3.05) is 46.8 Å². The van der Waals surface area contributed by atoms with Gasteiger partial charge in [-0.25, -0.2) is 0 Å². The van der Waals surface area contributed by atoms with E-state index in [1.807, 2.05) is 11.0 Å². The summed E-state index contributed by atoms with van der Waals surface area (Å²) in [6, 6.07) is 10.7. The lowest BCUT2D eigenvalue weighted by atomic mass is 9.94. The van der Waals surface area contributed by atoms with Gasteiger partial charge in [0.1, 0.15) is 0 Å². The highest BCUT2D eigenvalue weighted by molar-refractivity contribution is 5.80. The summed E-state index contributed by atoms with van der Waals surface area (Å²) >= 11 is 0. The molecule has 2 saturated heterocycles. The van der Waals surface area contributed by atoms with Crippen molar-refractivity contribution in [3.05, 3.63) is 35.9 Å². The molecule has 2 atom stereocenters. The van der Waals surface area contributed by atoms with Gasteiger partial charge in [-0.05, 0) is 32.5 Å². The number of piperidine rings is 1.